The van der Waals surface area contributed by atoms with Crippen molar-refractivity contribution in [3.8, 4) is 0 Å². The number of halogens is 1. The van der Waals surface area contributed by atoms with Crippen molar-refractivity contribution in [1.82, 2.24) is 9.78 Å². The van der Waals surface area contributed by atoms with Crippen LogP contribution in [0.15, 0.2) is 41.1 Å². The van der Waals surface area contributed by atoms with Crippen LogP contribution < -0.4 is 5.32 Å². The quantitative estimate of drug-likeness (QED) is 0.890. The van der Waals surface area contributed by atoms with Gasteiger partial charge in [-0.15, -0.1) is 0 Å². The highest BCUT2D eigenvalue weighted by Crippen LogP contribution is 2.23. The predicted octanol–water partition coefficient (Wildman–Crippen LogP) is 2.46. The van der Waals surface area contributed by atoms with Crippen LogP contribution in [0.25, 0.3) is 0 Å². The Morgan fingerprint density at radius 2 is 2.33 bits per heavy atom. The molecular weight excluding hydrogens is 298 g/mol. The summed E-state index contributed by atoms with van der Waals surface area (Å²) in [5, 5.41) is 16.2. The van der Waals surface area contributed by atoms with Crippen molar-refractivity contribution in [2.45, 2.75) is 6.54 Å². The van der Waals surface area contributed by atoms with E-state index in [1.54, 1.807) is 24.4 Å². The van der Waals surface area contributed by atoms with Crippen LogP contribution in [-0.2, 0) is 6.54 Å². The number of rotatable bonds is 5. The Balaban J connectivity index is 1.95. The van der Waals surface area contributed by atoms with Gasteiger partial charge in [-0.2, -0.15) is 5.10 Å². The molecule has 0 fully saturated rings. The van der Waals surface area contributed by atoms with E-state index in [4.69, 9.17) is 5.11 Å². The lowest BCUT2D eigenvalue weighted by Gasteiger charge is -2.09. The number of nitrogens with zero attached hydrogens (tertiary/aromatic N) is 2. The van der Waals surface area contributed by atoms with Gasteiger partial charge in [0.2, 0.25) is 0 Å². The fraction of sp³-hybridized carbons (Fsp3) is 0.167. The number of benzene rings is 1. The predicted molar refractivity (Wildman–Crippen MR) is 71.8 cm³/mol. The van der Waals surface area contributed by atoms with E-state index in [0.29, 0.717) is 6.54 Å². The number of carboxylic acid groups (broad SMARTS) is 1. The van der Waals surface area contributed by atoms with Crippen LogP contribution in [0.5, 0.6) is 0 Å². The SMILES string of the molecule is O=C(O)c1ccc(NCCn2cccn2)c(Br)c1. The van der Waals surface area contributed by atoms with Crippen molar-refractivity contribution in [3.63, 3.8) is 0 Å². The zero-order valence-corrected chi connectivity index (χ0v) is 11.1. The number of aromatic nitrogens is 2. The molecule has 0 amide bonds. The second-order valence-electron chi connectivity index (χ2n) is 3.70. The van der Waals surface area contributed by atoms with Crippen molar-refractivity contribution in [2.24, 2.45) is 0 Å². The molecule has 2 N–H and O–H groups in total. The molecule has 0 saturated carbocycles. The third-order valence-electron chi connectivity index (χ3n) is 2.43. The van der Waals surface area contributed by atoms with E-state index in [2.05, 4.69) is 26.3 Å². The molecule has 0 aliphatic carbocycles. The lowest BCUT2D eigenvalue weighted by molar-refractivity contribution is 0.0697. The van der Waals surface area contributed by atoms with Crippen LogP contribution in [-0.4, -0.2) is 27.4 Å². The minimum atomic E-state index is -0.932. The van der Waals surface area contributed by atoms with Gasteiger partial charge < -0.3 is 10.4 Å². The monoisotopic (exact) mass is 309 g/mol. The van der Waals surface area contributed by atoms with Crippen LogP contribution in [0.1, 0.15) is 10.4 Å². The molecule has 1 heterocycles. The van der Waals surface area contributed by atoms with Gasteiger partial charge in [0.1, 0.15) is 0 Å². The third kappa shape index (κ3) is 3.10. The van der Waals surface area contributed by atoms with Gasteiger partial charge in [0.25, 0.3) is 0 Å². The third-order valence-corrected chi connectivity index (χ3v) is 3.09. The number of nitrogens with one attached hydrogen (secondary N) is 1. The van der Waals surface area contributed by atoms with Crippen molar-refractivity contribution in [2.75, 3.05) is 11.9 Å². The summed E-state index contributed by atoms with van der Waals surface area (Å²) in [4.78, 5) is 10.8. The summed E-state index contributed by atoms with van der Waals surface area (Å²) in [7, 11) is 0. The Hall–Kier alpha value is -1.82. The topological polar surface area (TPSA) is 67.2 Å². The maximum atomic E-state index is 10.8. The van der Waals surface area contributed by atoms with Gasteiger partial charge in [-0.1, -0.05) is 0 Å². The van der Waals surface area contributed by atoms with E-state index in [1.165, 1.54) is 0 Å². The van der Waals surface area contributed by atoms with Gasteiger partial charge in [0.05, 0.1) is 12.1 Å². The van der Waals surface area contributed by atoms with E-state index in [-0.39, 0.29) is 5.56 Å². The van der Waals surface area contributed by atoms with E-state index >= 15 is 0 Å². The Labute approximate surface area is 113 Å². The Bertz CT molecular complexity index is 540. The van der Waals surface area contributed by atoms with Crippen molar-refractivity contribution in [1.29, 1.82) is 0 Å². The fourth-order valence-electron chi connectivity index (χ4n) is 1.53. The molecule has 0 saturated heterocycles. The highest BCUT2D eigenvalue weighted by molar-refractivity contribution is 9.10. The molecule has 2 aromatic rings. The molecule has 94 valence electrons. The first kappa shape index (κ1) is 12.6. The fourth-order valence-corrected chi connectivity index (χ4v) is 2.05. The van der Waals surface area contributed by atoms with Crippen LogP contribution in [0, 0.1) is 0 Å². The summed E-state index contributed by atoms with van der Waals surface area (Å²) in [5.74, 6) is -0.932. The average molecular weight is 310 g/mol. The minimum Gasteiger partial charge on any atom is -0.478 e. The standard InChI is InChI=1S/C12H12BrN3O2/c13-10-8-9(12(17)18)2-3-11(10)14-5-7-16-6-1-4-15-16/h1-4,6,8,14H,5,7H2,(H,17,18). The summed E-state index contributed by atoms with van der Waals surface area (Å²) < 4.78 is 2.56. The van der Waals surface area contributed by atoms with E-state index in [0.717, 1.165) is 16.7 Å². The largest absolute Gasteiger partial charge is 0.478 e. The molecule has 0 aliphatic heterocycles. The second-order valence-corrected chi connectivity index (χ2v) is 4.55. The van der Waals surface area contributed by atoms with E-state index in [1.807, 2.05) is 16.9 Å². The van der Waals surface area contributed by atoms with Crippen LogP contribution >= 0.6 is 15.9 Å². The van der Waals surface area contributed by atoms with Crippen molar-refractivity contribution in [3.05, 3.63) is 46.7 Å². The molecule has 18 heavy (non-hydrogen) atoms. The average Bonchev–Trinajstić information content (AvgIpc) is 2.84. The normalized spacial score (nSPS) is 10.3. The van der Waals surface area contributed by atoms with E-state index < -0.39 is 5.97 Å². The summed E-state index contributed by atoms with van der Waals surface area (Å²) in [5.41, 5.74) is 1.13. The molecule has 0 bridgehead atoms. The molecule has 5 nitrogen and oxygen atoms in total. The number of hydrogen-bond acceptors (Lipinski definition) is 3. The molecule has 0 spiro atoms. The summed E-state index contributed by atoms with van der Waals surface area (Å²) in [6.07, 6.45) is 3.63. The van der Waals surface area contributed by atoms with Crippen molar-refractivity contribution >= 4 is 27.6 Å². The Morgan fingerprint density at radius 1 is 1.50 bits per heavy atom. The number of hydrogen-bond donors (Lipinski definition) is 2. The van der Waals surface area contributed by atoms with Gasteiger partial charge in [-0.3, -0.25) is 4.68 Å². The lowest BCUT2D eigenvalue weighted by Crippen LogP contribution is -2.11. The molecule has 0 atom stereocenters. The summed E-state index contributed by atoms with van der Waals surface area (Å²) in [6.45, 7) is 1.47. The van der Waals surface area contributed by atoms with E-state index in [9.17, 15) is 4.79 Å². The van der Waals surface area contributed by atoms with Gasteiger partial charge in [-0.25, -0.2) is 4.79 Å². The minimum absolute atomic E-state index is 0.263. The van der Waals surface area contributed by atoms with Crippen LogP contribution in [0.2, 0.25) is 0 Å². The first-order chi connectivity index (χ1) is 8.66. The molecule has 2 rings (SSSR count). The summed E-state index contributed by atoms with van der Waals surface area (Å²) in [6, 6.07) is 6.77. The Morgan fingerprint density at radius 3 is 2.94 bits per heavy atom. The number of anilines is 1. The zero-order chi connectivity index (χ0) is 13.0. The second kappa shape index (κ2) is 5.68. The first-order valence-electron chi connectivity index (χ1n) is 5.41. The molecular formula is C12H12BrN3O2. The number of carboxylic acids is 1. The molecule has 0 aliphatic rings. The van der Waals surface area contributed by atoms with Crippen molar-refractivity contribution < 1.29 is 9.90 Å². The molecule has 0 radical (unpaired) electrons. The number of carbonyl (C=O) groups is 1. The molecule has 1 aromatic carbocycles. The molecule has 1 aromatic heterocycles. The zero-order valence-electron chi connectivity index (χ0n) is 9.51. The molecule has 0 unspecified atom stereocenters. The van der Waals surface area contributed by atoms with Gasteiger partial charge in [-0.05, 0) is 40.2 Å². The smallest absolute Gasteiger partial charge is 0.335 e. The molecule has 6 heteroatoms. The first-order valence-corrected chi connectivity index (χ1v) is 6.20. The lowest BCUT2D eigenvalue weighted by atomic mass is 10.2. The van der Waals surface area contributed by atoms with Gasteiger partial charge in [0.15, 0.2) is 0 Å². The van der Waals surface area contributed by atoms with Gasteiger partial charge in [0, 0.05) is 29.1 Å². The van der Waals surface area contributed by atoms with Crippen LogP contribution in [0.3, 0.4) is 0 Å². The highest BCUT2D eigenvalue weighted by Gasteiger charge is 2.06. The van der Waals surface area contributed by atoms with Gasteiger partial charge >= 0.3 is 5.97 Å². The maximum Gasteiger partial charge on any atom is 0.335 e. The highest BCUT2D eigenvalue weighted by atomic mass is 79.9. The Kier molecular flexibility index (Phi) is 3.99. The summed E-state index contributed by atoms with van der Waals surface area (Å²) >= 11 is 3.35. The van der Waals surface area contributed by atoms with Crippen LogP contribution in [0.4, 0.5) is 5.69 Å². The number of aromatic carboxylic acids is 1. The maximum absolute atomic E-state index is 10.8.